The average Bonchev–Trinajstić information content (AvgIpc) is 2.63. The summed E-state index contributed by atoms with van der Waals surface area (Å²) in [5.74, 6) is -0.836. The summed E-state index contributed by atoms with van der Waals surface area (Å²) in [5, 5.41) is 3.35. The second-order valence-corrected chi connectivity index (χ2v) is 6.88. The summed E-state index contributed by atoms with van der Waals surface area (Å²) in [4.78, 5) is 20.9. The van der Waals surface area contributed by atoms with E-state index in [0.717, 1.165) is 17.0 Å². The van der Waals surface area contributed by atoms with Crippen LogP contribution in [0.5, 0.6) is 0 Å². The third-order valence-corrected chi connectivity index (χ3v) is 4.52. The number of nitrogens with zero attached hydrogens (tertiary/aromatic N) is 2. The Hall–Kier alpha value is -2.44. The van der Waals surface area contributed by atoms with Crippen LogP contribution >= 0.6 is 23.4 Å². The Morgan fingerprint density at radius 1 is 1.15 bits per heavy atom. The van der Waals surface area contributed by atoms with Gasteiger partial charge in [-0.05, 0) is 31.2 Å². The maximum absolute atomic E-state index is 13.7. The number of aromatic nitrogens is 2. The summed E-state index contributed by atoms with van der Waals surface area (Å²) in [5.41, 5.74) is 2.63. The number of carbonyl (C=O) groups is 1. The van der Waals surface area contributed by atoms with E-state index in [1.807, 2.05) is 43.3 Å². The molecule has 0 spiro atoms. The number of hydrogen-bond acceptors (Lipinski definition) is 4. The van der Waals surface area contributed by atoms with Gasteiger partial charge in [-0.15, -0.1) is 0 Å². The molecule has 0 fully saturated rings. The predicted molar refractivity (Wildman–Crippen MR) is 103 cm³/mol. The maximum Gasteiger partial charge on any atom is 0.234 e. The zero-order chi connectivity index (χ0) is 18.5. The predicted octanol–water partition coefficient (Wildman–Crippen LogP) is 4.98. The Morgan fingerprint density at radius 2 is 1.92 bits per heavy atom. The van der Waals surface area contributed by atoms with Crippen molar-refractivity contribution in [1.29, 1.82) is 0 Å². The largest absolute Gasteiger partial charge is 0.323 e. The van der Waals surface area contributed by atoms with E-state index in [9.17, 15) is 9.18 Å². The van der Waals surface area contributed by atoms with Gasteiger partial charge in [-0.2, -0.15) is 0 Å². The fourth-order valence-electron chi connectivity index (χ4n) is 2.27. The van der Waals surface area contributed by atoms with E-state index in [-0.39, 0.29) is 17.3 Å². The molecule has 26 heavy (non-hydrogen) atoms. The molecule has 0 unspecified atom stereocenters. The molecule has 132 valence electrons. The van der Waals surface area contributed by atoms with Crippen LogP contribution in [-0.2, 0) is 4.79 Å². The SMILES string of the molecule is Cc1cc(-c2ccccc2)nc(SCC(=O)Nc2cc(Cl)ccc2F)n1. The van der Waals surface area contributed by atoms with Crippen LogP contribution < -0.4 is 5.32 Å². The molecule has 0 radical (unpaired) electrons. The van der Waals surface area contributed by atoms with Gasteiger partial charge in [-0.1, -0.05) is 53.7 Å². The number of carbonyl (C=O) groups excluding carboxylic acids is 1. The summed E-state index contributed by atoms with van der Waals surface area (Å²) >= 11 is 7.01. The standard InChI is InChI=1S/C19H15ClFN3OS/c1-12-9-16(13-5-3-2-4-6-13)24-19(22-12)26-11-18(25)23-17-10-14(20)7-8-15(17)21/h2-10H,11H2,1H3,(H,23,25). The minimum Gasteiger partial charge on any atom is -0.323 e. The zero-order valence-electron chi connectivity index (χ0n) is 13.9. The maximum atomic E-state index is 13.7. The zero-order valence-corrected chi connectivity index (χ0v) is 15.4. The Morgan fingerprint density at radius 3 is 2.69 bits per heavy atom. The molecule has 3 rings (SSSR count). The van der Waals surface area contributed by atoms with Crippen molar-refractivity contribution in [1.82, 2.24) is 9.97 Å². The van der Waals surface area contributed by atoms with E-state index in [0.29, 0.717) is 10.2 Å². The summed E-state index contributed by atoms with van der Waals surface area (Å²) in [6.07, 6.45) is 0. The van der Waals surface area contributed by atoms with Crippen LogP contribution in [0, 0.1) is 12.7 Å². The third-order valence-electron chi connectivity index (χ3n) is 3.44. The molecular formula is C19H15ClFN3OS. The summed E-state index contributed by atoms with van der Waals surface area (Å²) in [7, 11) is 0. The summed E-state index contributed by atoms with van der Waals surface area (Å²) < 4.78 is 13.7. The average molecular weight is 388 g/mol. The highest BCUT2D eigenvalue weighted by atomic mass is 35.5. The van der Waals surface area contributed by atoms with Gasteiger partial charge in [0.05, 0.1) is 17.1 Å². The van der Waals surface area contributed by atoms with Gasteiger partial charge in [0.25, 0.3) is 0 Å². The number of thioether (sulfide) groups is 1. The van der Waals surface area contributed by atoms with Crippen molar-refractivity contribution in [2.45, 2.75) is 12.1 Å². The van der Waals surface area contributed by atoms with Gasteiger partial charge in [0.2, 0.25) is 5.91 Å². The Balaban J connectivity index is 1.68. The second kappa shape index (κ2) is 8.29. The molecule has 1 heterocycles. The number of halogens is 2. The van der Waals surface area contributed by atoms with Gasteiger partial charge in [0.1, 0.15) is 5.82 Å². The van der Waals surface area contributed by atoms with E-state index in [2.05, 4.69) is 15.3 Å². The molecule has 0 bridgehead atoms. The first-order valence-electron chi connectivity index (χ1n) is 7.80. The molecule has 0 aliphatic heterocycles. The van der Waals surface area contributed by atoms with Crippen molar-refractivity contribution in [2.75, 3.05) is 11.1 Å². The first kappa shape index (κ1) is 18.4. The molecule has 1 N–H and O–H groups in total. The number of aryl methyl sites for hydroxylation is 1. The normalized spacial score (nSPS) is 10.6. The lowest BCUT2D eigenvalue weighted by Crippen LogP contribution is -2.15. The van der Waals surface area contributed by atoms with Gasteiger partial charge in [0.15, 0.2) is 5.16 Å². The van der Waals surface area contributed by atoms with Crippen molar-refractivity contribution < 1.29 is 9.18 Å². The fourth-order valence-corrected chi connectivity index (χ4v) is 3.15. The lowest BCUT2D eigenvalue weighted by Gasteiger charge is -2.08. The van der Waals surface area contributed by atoms with Crippen LogP contribution in [0.1, 0.15) is 5.69 Å². The minimum absolute atomic E-state index is 0.0539. The van der Waals surface area contributed by atoms with Gasteiger partial charge in [-0.25, -0.2) is 14.4 Å². The van der Waals surface area contributed by atoms with Crippen molar-refractivity contribution in [3.63, 3.8) is 0 Å². The third kappa shape index (κ3) is 4.80. The molecule has 4 nitrogen and oxygen atoms in total. The molecule has 0 saturated carbocycles. The first-order valence-corrected chi connectivity index (χ1v) is 9.16. The van der Waals surface area contributed by atoms with Crippen LogP contribution in [0.4, 0.5) is 10.1 Å². The number of hydrogen-bond donors (Lipinski definition) is 1. The van der Waals surface area contributed by atoms with Crippen LogP contribution in [-0.4, -0.2) is 21.6 Å². The van der Waals surface area contributed by atoms with Crippen LogP contribution in [0.25, 0.3) is 11.3 Å². The van der Waals surface area contributed by atoms with Crippen molar-refractivity contribution in [3.8, 4) is 11.3 Å². The minimum atomic E-state index is -0.536. The number of rotatable bonds is 5. The topological polar surface area (TPSA) is 54.9 Å². The van der Waals surface area contributed by atoms with Crippen LogP contribution in [0.3, 0.4) is 0 Å². The van der Waals surface area contributed by atoms with E-state index in [4.69, 9.17) is 11.6 Å². The van der Waals surface area contributed by atoms with Crippen molar-refractivity contribution >= 4 is 35.0 Å². The van der Waals surface area contributed by atoms with Gasteiger partial charge in [-0.3, -0.25) is 4.79 Å². The number of nitrogens with one attached hydrogen (secondary N) is 1. The van der Waals surface area contributed by atoms with Crippen LogP contribution in [0.2, 0.25) is 5.02 Å². The van der Waals surface area contributed by atoms with Gasteiger partial charge in [0, 0.05) is 16.3 Å². The smallest absolute Gasteiger partial charge is 0.234 e. The second-order valence-electron chi connectivity index (χ2n) is 5.50. The molecule has 7 heteroatoms. The lowest BCUT2D eigenvalue weighted by molar-refractivity contribution is -0.113. The highest BCUT2D eigenvalue weighted by Gasteiger charge is 2.11. The monoisotopic (exact) mass is 387 g/mol. The fraction of sp³-hybridized carbons (Fsp3) is 0.105. The van der Waals surface area contributed by atoms with E-state index >= 15 is 0 Å². The lowest BCUT2D eigenvalue weighted by atomic mass is 10.1. The Kier molecular flexibility index (Phi) is 5.85. The highest BCUT2D eigenvalue weighted by Crippen LogP contribution is 2.23. The summed E-state index contributed by atoms with van der Waals surface area (Å²) in [6, 6.07) is 15.6. The molecule has 0 saturated heterocycles. The Bertz CT molecular complexity index is 937. The molecule has 0 atom stereocenters. The molecule has 1 aromatic heterocycles. The van der Waals surface area contributed by atoms with Crippen LogP contribution in [0.15, 0.2) is 59.8 Å². The van der Waals surface area contributed by atoms with Gasteiger partial charge < -0.3 is 5.32 Å². The number of amides is 1. The summed E-state index contributed by atoms with van der Waals surface area (Å²) in [6.45, 7) is 1.87. The van der Waals surface area contributed by atoms with Crippen molar-refractivity contribution in [3.05, 3.63) is 71.1 Å². The molecule has 0 aliphatic rings. The molecule has 3 aromatic rings. The highest BCUT2D eigenvalue weighted by molar-refractivity contribution is 7.99. The number of anilines is 1. The first-order chi connectivity index (χ1) is 12.5. The quantitative estimate of drug-likeness (QED) is 0.495. The van der Waals surface area contributed by atoms with E-state index < -0.39 is 5.82 Å². The molecule has 1 amide bonds. The van der Waals surface area contributed by atoms with Gasteiger partial charge >= 0.3 is 0 Å². The van der Waals surface area contributed by atoms with Crippen molar-refractivity contribution in [2.24, 2.45) is 0 Å². The Labute approximate surface area is 159 Å². The van der Waals surface area contributed by atoms with E-state index in [1.165, 1.54) is 30.0 Å². The van der Waals surface area contributed by atoms with E-state index in [1.54, 1.807) is 0 Å². The molecular weight excluding hydrogens is 373 g/mol. The number of benzene rings is 2. The molecule has 2 aromatic carbocycles. The molecule has 0 aliphatic carbocycles.